The Morgan fingerprint density at radius 2 is 1.86 bits per heavy atom. The summed E-state index contributed by atoms with van der Waals surface area (Å²) in [6.07, 6.45) is -4.65. The molecule has 1 aliphatic heterocycles. The van der Waals surface area contributed by atoms with Crippen molar-refractivity contribution in [2.75, 3.05) is 18.0 Å². The SMILES string of the molecule is CC1CN(c2cc(F)c(C(=O)N[C@@H](C)C(F)(F)F)cc2F)C1. The Bertz CT molecular complexity index is 581. The van der Waals surface area contributed by atoms with Gasteiger partial charge in [0.05, 0.1) is 11.3 Å². The van der Waals surface area contributed by atoms with E-state index in [0.717, 1.165) is 13.0 Å². The van der Waals surface area contributed by atoms with Gasteiger partial charge in [0.2, 0.25) is 0 Å². The number of amides is 1. The van der Waals surface area contributed by atoms with Gasteiger partial charge >= 0.3 is 6.18 Å². The van der Waals surface area contributed by atoms with E-state index in [1.54, 1.807) is 10.2 Å². The van der Waals surface area contributed by atoms with Crippen LogP contribution in [0.2, 0.25) is 0 Å². The number of rotatable bonds is 3. The minimum absolute atomic E-state index is 0.0102. The van der Waals surface area contributed by atoms with Crippen LogP contribution in [-0.4, -0.2) is 31.2 Å². The average molecular weight is 322 g/mol. The summed E-state index contributed by atoms with van der Waals surface area (Å²) in [5, 5.41) is 1.60. The van der Waals surface area contributed by atoms with Gasteiger partial charge in [0.1, 0.15) is 17.7 Å². The molecule has 0 bridgehead atoms. The van der Waals surface area contributed by atoms with Crippen molar-refractivity contribution < 1.29 is 26.7 Å². The highest BCUT2D eigenvalue weighted by atomic mass is 19.4. The molecular formula is C14H15F5N2O. The number of nitrogens with zero attached hydrogens (tertiary/aromatic N) is 1. The van der Waals surface area contributed by atoms with Crippen molar-refractivity contribution in [1.82, 2.24) is 5.32 Å². The zero-order valence-corrected chi connectivity index (χ0v) is 12.0. The van der Waals surface area contributed by atoms with Crippen molar-refractivity contribution in [3.05, 3.63) is 29.3 Å². The van der Waals surface area contributed by atoms with E-state index in [4.69, 9.17) is 0 Å². The van der Waals surface area contributed by atoms with E-state index >= 15 is 0 Å². The molecule has 0 aromatic heterocycles. The van der Waals surface area contributed by atoms with E-state index in [0.29, 0.717) is 25.1 Å². The monoisotopic (exact) mass is 322 g/mol. The number of hydrogen-bond acceptors (Lipinski definition) is 2. The number of hydrogen-bond donors (Lipinski definition) is 1. The molecule has 2 rings (SSSR count). The summed E-state index contributed by atoms with van der Waals surface area (Å²) in [5.74, 6) is -2.83. The van der Waals surface area contributed by atoms with Gasteiger partial charge in [0.15, 0.2) is 0 Å². The lowest BCUT2D eigenvalue weighted by atomic mass is 10.0. The van der Waals surface area contributed by atoms with Crippen molar-refractivity contribution >= 4 is 11.6 Å². The van der Waals surface area contributed by atoms with Gasteiger partial charge in [-0.05, 0) is 18.9 Å². The fraction of sp³-hybridized carbons (Fsp3) is 0.500. The average Bonchev–Trinajstić information content (AvgIpc) is 2.36. The van der Waals surface area contributed by atoms with Gasteiger partial charge in [-0.15, -0.1) is 0 Å². The van der Waals surface area contributed by atoms with Crippen molar-refractivity contribution in [2.24, 2.45) is 5.92 Å². The molecule has 0 saturated carbocycles. The van der Waals surface area contributed by atoms with Crippen LogP contribution < -0.4 is 10.2 Å². The standard InChI is InChI=1S/C14H15F5N2O/c1-7-5-21(6-7)12-4-10(15)9(3-11(12)16)13(22)20-8(2)14(17,18)19/h3-4,7-8H,5-6H2,1-2H3,(H,20,22)/t8-/m0/s1. The van der Waals surface area contributed by atoms with E-state index < -0.39 is 35.3 Å². The molecule has 1 atom stereocenters. The summed E-state index contributed by atoms with van der Waals surface area (Å²) in [6, 6.07) is -0.682. The van der Waals surface area contributed by atoms with Gasteiger partial charge in [-0.2, -0.15) is 13.2 Å². The van der Waals surface area contributed by atoms with Crippen LogP contribution in [0.25, 0.3) is 0 Å². The minimum atomic E-state index is -4.65. The highest BCUT2D eigenvalue weighted by Crippen LogP contribution is 2.29. The van der Waals surface area contributed by atoms with Gasteiger partial charge in [0.25, 0.3) is 5.91 Å². The van der Waals surface area contributed by atoms with E-state index in [1.807, 2.05) is 6.92 Å². The predicted octanol–water partition coefficient (Wildman–Crippen LogP) is 3.10. The van der Waals surface area contributed by atoms with Gasteiger partial charge in [-0.3, -0.25) is 4.79 Å². The summed E-state index contributed by atoms with van der Waals surface area (Å²) >= 11 is 0. The van der Waals surface area contributed by atoms with Gasteiger partial charge in [-0.1, -0.05) is 6.92 Å². The lowest BCUT2D eigenvalue weighted by Crippen LogP contribution is -2.46. The largest absolute Gasteiger partial charge is 0.408 e. The van der Waals surface area contributed by atoms with E-state index in [-0.39, 0.29) is 5.69 Å². The topological polar surface area (TPSA) is 32.3 Å². The molecule has 1 fully saturated rings. The molecule has 1 amide bonds. The fourth-order valence-corrected chi connectivity index (χ4v) is 2.20. The van der Waals surface area contributed by atoms with Crippen LogP contribution in [0.4, 0.5) is 27.6 Å². The zero-order chi connectivity index (χ0) is 16.7. The molecule has 0 aliphatic carbocycles. The normalized spacial score (nSPS) is 17.1. The Morgan fingerprint density at radius 3 is 2.36 bits per heavy atom. The molecule has 22 heavy (non-hydrogen) atoms. The second kappa shape index (κ2) is 5.73. The lowest BCUT2D eigenvalue weighted by molar-refractivity contribution is -0.149. The zero-order valence-electron chi connectivity index (χ0n) is 12.0. The molecule has 0 radical (unpaired) electrons. The molecule has 3 nitrogen and oxygen atoms in total. The second-order valence-corrected chi connectivity index (χ2v) is 5.53. The summed E-state index contributed by atoms with van der Waals surface area (Å²) in [4.78, 5) is 13.3. The highest BCUT2D eigenvalue weighted by Gasteiger charge is 2.37. The lowest BCUT2D eigenvalue weighted by Gasteiger charge is -2.39. The number of halogens is 5. The quantitative estimate of drug-likeness (QED) is 0.867. The van der Waals surface area contributed by atoms with Crippen LogP contribution >= 0.6 is 0 Å². The maximum Gasteiger partial charge on any atom is 0.408 e. The summed E-state index contributed by atoms with van der Waals surface area (Å²) in [5.41, 5.74) is -0.734. The first-order valence-electron chi connectivity index (χ1n) is 6.71. The molecule has 0 unspecified atom stereocenters. The Morgan fingerprint density at radius 1 is 1.27 bits per heavy atom. The predicted molar refractivity (Wildman–Crippen MR) is 70.7 cm³/mol. The number of anilines is 1. The number of carbonyl (C=O) groups is 1. The Hall–Kier alpha value is -1.86. The number of carbonyl (C=O) groups excluding carboxylic acids is 1. The van der Waals surface area contributed by atoms with Crippen LogP contribution in [0, 0.1) is 17.6 Å². The van der Waals surface area contributed by atoms with Gasteiger partial charge in [-0.25, -0.2) is 8.78 Å². The molecule has 122 valence electrons. The van der Waals surface area contributed by atoms with Crippen molar-refractivity contribution in [1.29, 1.82) is 0 Å². The molecule has 8 heteroatoms. The Balaban J connectivity index is 2.18. The van der Waals surface area contributed by atoms with Crippen molar-refractivity contribution in [3.63, 3.8) is 0 Å². The maximum atomic E-state index is 13.9. The number of nitrogens with one attached hydrogen (secondary N) is 1. The molecule has 1 heterocycles. The number of benzene rings is 1. The molecule has 1 aromatic rings. The third kappa shape index (κ3) is 3.31. The summed E-state index contributed by atoms with van der Waals surface area (Å²) in [7, 11) is 0. The summed E-state index contributed by atoms with van der Waals surface area (Å²) in [6.45, 7) is 3.80. The van der Waals surface area contributed by atoms with Crippen LogP contribution in [0.1, 0.15) is 24.2 Å². The van der Waals surface area contributed by atoms with Crippen LogP contribution in [-0.2, 0) is 0 Å². The smallest absolute Gasteiger partial charge is 0.368 e. The van der Waals surface area contributed by atoms with Crippen LogP contribution in [0.3, 0.4) is 0 Å². The van der Waals surface area contributed by atoms with Crippen molar-refractivity contribution in [2.45, 2.75) is 26.1 Å². The van der Waals surface area contributed by atoms with Gasteiger partial charge in [0, 0.05) is 19.2 Å². The molecular weight excluding hydrogens is 307 g/mol. The van der Waals surface area contributed by atoms with E-state index in [9.17, 15) is 26.7 Å². The molecule has 1 saturated heterocycles. The third-order valence-electron chi connectivity index (χ3n) is 3.52. The highest BCUT2D eigenvalue weighted by molar-refractivity contribution is 5.95. The second-order valence-electron chi connectivity index (χ2n) is 5.53. The van der Waals surface area contributed by atoms with Crippen LogP contribution in [0.5, 0.6) is 0 Å². The first kappa shape index (κ1) is 16.5. The minimum Gasteiger partial charge on any atom is -0.368 e. The first-order valence-corrected chi connectivity index (χ1v) is 6.71. The summed E-state index contributed by atoms with van der Waals surface area (Å²) < 4.78 is 65.0. The van der Waals surface area contributed by atoms with E-state index in [1.165, 1.54) is 0 Å². The maximum absolute atomic E-state index is 13.9. The molecule has 1 aromatic carbocycles. The Labute approximate surface area is 124 Å². The molecule has 1 N–H and O–H groups in total. The molecule has 1 aliphatic rings. The number of alkyl halides is 3. The van der Waals surface area contributed by atoms with E-state index in [2.05, 4.69) is 0 Å². The van der Waals surface area contributed by atoms with Crippen molar-refractivity contribution in [3.8, 4) is 0 Å². The third-order valence-corrected chi connectivity index (χ3v) is 3.52. The van der Waals surface area contributed by atoms with Gasteiger partial charge < -0.3 is 10.2 Å². The fourth-order valence-electron chi connectivity index (χ4n) is 2.20. The van der Waals surface area contributed by atoms with Crippen LogP contribution in [0.15, 0.2) is 12.1 Å². The first-order chi connectivity index (χ1) is 10.1. The Kier molecular flexibility index (Phi) is 4.30. The molecule has 0 spiro atoms.